The SMILES string of the molecule is CCc1ccc2nc(CC(N)C3CC3)[nH]c2c1. The Morgan fingerprint density at radius 2 is 2.29 bits per heavy atom. The molecule has 1 atom stereocenters. The van der Waals surface area contributed by atoms with Gasteiger partial charge in [-0.25, -0.2) is 4.98 Å². The fourth-order valence-corrected chi connectivity index (χ4v) is 2.34. The first kappa shape index (κ1) is 10.8. The molecule has 3 N–H and O–H groups in total. The topological polar surface area (TPSA) is 54.7 Å². The molecule has 1 aliphatic rings. The number of hydrogen-bond acceptors (Lipinski definition) is 2. The summed E-state index contributed by atoms with van der Waals surface area (Å²) in [5.74, 6) is 1.77. The number of nitrogens with zero attached hydrogens (tertiary/aromatic N) is 1. The Kier molecular flexibility index (Phi) is 2.63. The van der Waals surface area contributed by atoms with Gasteiger partial charge in [0.15, 0.2) is 0 Å². The van der Waals surface area contributed by atoms with Crippen LogP contribution in [0.25, 0.3) is 11.0 Å². The van der Waals surface area contributed by atoms with Gasteiger partial charge in [-0.15, -0.1) is 0 Å². The average molecular weight is 229 g/mol. The average Bonchev–Trinajstić information content (AvgIpc) is 3.10. The zero-order valence-corrected chi connectivity index (χ0v) is 10.2. The van der Waals surface area contributed by atoms with Gasteiger partial charge in [0.05, 0.1) is 11.0 Å². The summed E-state index contributed by atoms with van der Waals surface area (Å²) in [7, 11) is 0. The predicted molar refractivity (Wildman–Crippen MR) is 69.9 cm³/mol. The fraction of sp³-hybridized carbons (Fsp3) is 0.500. The van der Waals surface area contributed by atoms with Crippen molar-refractivity contribution in [1.29, 1.82) is 0 Å². The zero-order chi connectivity index (χ0) is 11.8. The van der Waals surface area contributed by atoms with Crippen LogP contribution in [0.15, 0.2) is 18.2 Å². The van der Waals surface area contributed by atoms with Gasteiger partial charge < -0.3 is 10.7 Å². The number of aromatic nitrogens is 2. The van der Waals surface area contributed by atoms with E-state index in [1.807, 2.05) is 0 Å². The van der Waals surface area contributed by atoms with Crippen LogP contribution in [0.4, 0.5) is 0 Å². The van der Waals surface area contributed by atoms with Crippen molar-refractivity contribution in [3.05, 3.63) is 29.6 Å². The van der Waals surface area contributed by atoms with Gasteiger partial charge in [0.25, 0.3) is 0 Å². The van der Waals surface area contributed by atoms with E-state index in [-0.39, 0.29) is 6.04 Å². The highest BCUT2D eigenvalue weighted by Crippen LogP contribution is 2.32. The first-order valence-electron chi connectivity index (χ1n) is 6.49. The van der Waals surface area contributed by atoms with E-state index in [1.165, 1.54) is 18.4 Å². The second-order valence-electron chi connectivity index (χ2n) is 5.09. The maximum absolute atomic E-state index is 6.13. The lowest BCUT2D eigenvalue weighted by Gasteiger charge is -2.06. The third kappa shape index (κ3) is 2.20. The molecule has 0 amide bonds. The van der Waals surface area contributed by atoms with Crippen molar-refractivity contribution in [3.8, 4) is 0 Å². The molecular weight excluding hydrogens is 210 g/mol. The summed E-state index contributed by atoms with van der Waals surface area (Å²) in [5.41, 5.74) is 9.67. The van der Waals surface area contributed by atoms with Crippen molar-refractivity contribution < 1.29 is 0 Å². The summed E-state index contributed by atoms with van der Waals surface area (Å²) in [4.78, 5) is 8.00. The molecular formula is C14H19N3. The largest absolute Gasteiger partial charge is 0.342 e. The van der Waals surface area contributed by atoms with E-state index in [4.69, 9.17) is 5.73 Å². The first-order valence-corrected chi connectivity index (χ1v) is 6.49. The normalized spacial score (nSPS) is 17.5. The fourth-order valence-electron chi connectivity index (χ4n) is 2.34. The summed E-state index contributed by atoms with van der Waals surface area (Å²) in [6.07, 6.45) is 4.52. The van der Waals surface area contributed by atoms with Crippen molar-refractivity contribution in [3.63, 3.8) is 0 Å². The molecule has 0 bridgehead atoms. The van der Waals surface area contributed by atoms with E-state index in [9.17, 15) is 0 Å². The van der Waals surface area contributed by atoms with Crippen molar-refractivity contribution in [1.82, 2.24) is 9.97 Å². The Labute approximate surface area is 101 Å². The van der Waals surface area contributed by atoms with Crippen molar-refractivity contribution in [2.24, 2.45) is 11.7 Å². The predicted octanol–water partition coefficient (Wildman–Crippen LogP) is 2.41. The molecule has 1 fully saturated rings. The van der Waals surface area contributed by atoms with E-state index in [0.29, 0.717) is 0 Å². The summed E-state index contributed by atoms with van der Waals surface area (Å²) in [6, 6.07) is 6.71. The quantitative estimate of drug-likeness (QED) is 0.846. The molecule has 0 aliphatic heterocycles. The molecule has 1 aromatic heterocycles. The minimum atomic E-state index is 0.279. The molecule has 90 valence electrons. The van der Waals surface area contributed by atoms with Crippen LogP contribution < -0.4 is 5.73 Å². The summed E-state index contributed by atoms with van der Waals surface area (Å²) in [5, 5.41) is 0. The smallest absolute Gasteiger partial charge is 0.108 e. The number of nitrogens with one attached hydrogen (secondary N) is 1. The van der Waals surface area contributed by atoms with Crippen molar-refractivity contribution >= 4 is 11.0 Å². The van der Waals surface area contributed by atoms with Crippen LogP contribution >= 0.6 is 0 Å². The Balaban J connectivity index is 1.85. The van der Waals surface area contributed by atoms with E-state index in [1.54, 1.807) is 0 Å². The maximum atomic E-state index is 6.13. The third-order valence-electron chi connectivity index (χ3n) is 3.66. The molecule has 1 unspecified atom stereocenters. The Hall–Kier alpha value is -1.35. The lowest BCUT2D eigenvalue weighted by molar-refractivity contribution is 0.579. The molecule has 3 nitrogen and oxygen atoms in total. The highest BCUT2D eigenvalue weighted by molar-refractivity contribution is 5.75. The standard InChI is InChI=1S/C14H19N3/c1-2-9-3-6-12-13(7-9)17-14(16-12)8-11(15)10-4-5-10/h3,6-7,10-11H,2,4-5,8,15H2,1H3,(H,16,17). The zero-order valence-electron chi connectivity index (χ0n) is 10.2. The number of benzene rings is 1. The molecule has 1 aliphatic carbocycles. The van der Waals surface area contributed by atoms with E-state index in [0.717, 1.165) is 35.6 Å². The van der Waals surface area contributed by atoms with Crippen LogP contribution in [0, 0.1) is 5.92 Å². The van der Waals surface area contributed by atoms with Gasteiger partial charge in [0.1, 0.15) is 5.82 Å². The van der Waals surface area contributed by atoms with Gasteiger partial charge >= 0.3 is 0 Å². The lowest BCUT2D eigenvalue weighted by atomic mass is 10.1. The summed E-state index contributed by atoms with van der Waals surface area (Å²) in [6.45, 7) is 2.17. The Morgan fingerprint density at radius 3 is 3.00 bits per heavy atom. The van der Waals surface area contributed by atoms with Crippen LogP contribution in [-0.2, 0) is 12.8 Å². The Bertz CT molecular complexity index is 525. The van der Waals surface area contributed by atoms with E-state index in [2.05, 4.69) is 35.1 Å². The summed E-state index contributed by atoms with van der Waals surface area (Å²) < 4.78 is 0. The summed E-state index contributed by atoms with van der Waals surface area (Å²) >= 11 is 0. The van der Waals surface area contributed by atoms with Crippen LogP contribution in [0.5, 0.6) is 0 Å². The molecule has 0 saturated heterocycles. The van der Waals surface area contributed by atoms with Gasteiger partial charge in [0, 0.05) is 12.5 Å². The minimum absolute atomic E-state index is 0.279. The van der Waals surface area contributed by atoms with Gasteiger partial charge in [-0.2, -0.15) is 0 Å². The van der Waals surface area contributed by atoms with Crippen molar-refractivity contribution in [2.45, 2.75) is 38.6 Å². The van der Waals surface area contributed by atoms with Gasteiger partial charge in [-0.1, -0.05) is 13.0 Å². The second kappa shape index (κ2) is 4.15. The van der Waals surface area contributed by atoms with E-state index < -0.39 is 0 Å². The van der Waals surface area contributed by atoms with Crippen LogP contribution in [-0.4, -0.2) is 16.0 Å². The second-order valence-corrected chi connectivity index (χ2v) is 5.09. The molecule has 0 radical (unpaired) electrons. The van der Waals surface area contributed by atoms with Crippen LogP contribution in [0.2, 0.25) is 0 Å². The highest BCUT2D eigenvalue weighted by Gasteiger charge is 2.28. The van der Waals surface area contributed by atoms with Crippen molar-refractivity contribution in [2.75, 3.05) is 0 Å². The number of aromatic amines is 1. The van der Waals surface area contributed by atoms with Gasteiger partial charge in [-0.05, 0) is 42.9 Å². The molecule has 1 aromatic carbocycles. The number of nitrogens with two attached hydrogens (primary N) is 1. The molecule has 3 rings (SSSR count). The highest BCUT2D eigenvalue weighted by atomic mass is 14.9. The van der Waals surface area contributed by atoms with Gasteiger partial charge in [0.2, 0.25) is 0 Å². The number of aryl methyl sites for hydroxylation is 1. The van der Waals surface area contributed by atoms with Crippen LogP contribution in [0.3, 0.4) is 0 Å². The van der Waals surface area contributed by atoms with Crippen LogP contribution in [0.1, 0.15) is 31.2 Å². The third-order valence-corrected chi connectivity index (χ3v) is 3.66. The molecule has 3 heteroatoms. The number of hydrogen-bond donors (Lipinski definition) is 2. The van der Waals surface area contributed by atoms with E-state index >= 15 is 0 Å². The number of rotatable bonds is 4. The number of H-pyrrole nitrogens is 1. The molecule has 2 aromatic rings. The Morgan fingerprint density at radius 1 is 1.47 bits per heavy atom. The number of fused-ring (bicyclic) bond motifs is 1. The molecule has 0 spiro atoms. The number of imidazole rings is 1. The minimum Gasteiger partial charge on any atom is -0.342 e. The monoisotopic (exact) mass is 229 g/mol. The molecule has 1 saturated carbocycles. The lowest BCUT2D eigenvalue weighted by Crippen LogP contribution is -2.25. The first-order chi connectivity index (χ1) is 8.26. The molecule has 1 heterocycles. The molecule has 17 heavy (non-hydrogen) atoms. The maximum Gasteiger partial charge on any atom is 0.108 e. The van der Waals surface area contributed by atoms with Gasteiger partial charge in [-0.3, -0.25) is 0 Å².